The van der Waals surface area contributed by atoms with Crippen LogP contribution in [0.2, 0.25) is 5.02 Å². The smallest absolute Gasteiger partial charge is 0.414 e. The number of halogens is 1. The van der Waals surface area contributed by atoms with Gasteiger partial charge in [-0.2, -0.15) is 0 Å². The van der Waals surface area contributed by atoms with Gasteiger partial charge in [0.15, 0.2) is 0 Å². The maximum atomic E-state index is 12.2. The third-order valence-electron chi connectivity index (χ3n) is 3.29. The van der Waals surface area contributed by atoms with Crippen molar-refractivity contribution in [2.24, 2.45) is 0 Å². The summed E-state index contributed by atoms with van der Waals surface area (Å²) in [5.41, 5.74) is 0.133. The Labute approximate surface area is 110 Å². The van der Waals surface area contributed by atoms with Crippen molar-refractivity contribution < 1.29 is 14.7 Å². The van der Waals surface area contributed by atoms with Gasteiger partial charge in [-0.25, -0.2) is 9.69 Å². The van der Waals surface area contributed by atoms with Crippen LogP contribution in [0.25, 0.3) is 0 Å². The maximum absolute atomic E-state index is 12.2. The van der Waals surface area contributed by atoms with E-state index >= 15 is 0 Å². The van der Waals surface area contributed by atoms with Crippen molar-refractivity contribution in [2.45, 2.75) is 31.7 Å². The molecule has 1 N–H and O–H groups in total. The Kier molecular flexibility index (Phi) is 3.07. The van der Waals surface area contributed by atoms with E-state index in [2.05, 4.69) is 0 Å². The zero-order chi connectivity index (χ0) is 13.5. The molecule has 1 aromatic rings. The highest BCUT2D eigenvalue weighted by Gasteiger charge is 2.48. The van der Waals surface area contributed by atoms with Gasteiger partial charge in [-0.05, 0) is 38.0 Å². The topological polar surface area (TPSA) is 57.6 Å². The van der Waals surface area contributed by atoms with E-state index in [-0.39, 0.29) is 5.91 Å². The summed E-state index contributed by atoms with van der Waals surface area (Å²) in [5.74, 6) is -0.775. The molecule has 1 aliphatic rings. The Morgan fingerprint density at radius 3 is 2.39 bits per heavy atom. The molecule has 0 saturated carbocycles. The summed E-state index contributed by atoms with van der Waals surface area (Å²) in [6, 6.07) is 6.96. The molecule has 5 heteroatoms. The average molecular weight is 268 g/mol. The summed E-state index contributed by atoms with van der Waals surface area (Å²) >= 11 is 5.80. The summed E-state index contributed by atoms with van der Waals surface area (Å²) in [4.78, 5) is 24.2. The Morgan fingerprint density at radius 1 is 1.39 bits per heavy atom. The molecular weight excluding hydrogens is 254 g/mol. The van der Waals surface area contributed by atoms with E-state index in [1.54, 1.807) is 38.1 Å². The molecule has 1 saturated heterocycles. The maximum Gasteiger partial charge on any atom is 0.414 e. The van der Waals surface area contributed by atoms with E-state index in [4.69, 9.17) is 16.7 Å². The van der Waals surface area contributed by atoms with Gasteiger partial charge in [-0.1, -0.05) is 23.7 Å². The Balaban J connectivity index is 2.35. The summed E-state index contributed by atoms with van der Waals surface area (Å²) in [6.45, 7) is 3.52. The van der Waals surface area contributed by atoms with Gasteiger partial charge in [-0.3, -0.25) is 4.79 Å². The molecule has 2 rings (SSSR count). The molecule has 1 fully saturated rings. The van der Waals surface area contributed by atoms with Crippen molar-refractivity contribution in [2.75, 3.05) is 0 Å². The molecule has 1 atom stereocenters. The third-order valence-corrected chi connectivity index (χ3v) is 3.54. The van der Waals surface area contributed by atoms with Crippen molar-refractivity contribution in [3.8, 4) is 0 Å². The van der Waals surface area contributed by atoms with E-state index in [1.807, 2.05) is 0 Å². The Bertz CT molecular complexity index is 495. The minimum Gasteiger partial charge on any atom is -0.465 e. The number of rotatable bonds is 1. The minimum absolute atomic E-state index is 0.366. The molecule has 0 spiro atoms. The largest absolute Gasteiger partial charge is 0.465 e. The summed E-state index contributed by atoms with van der Waals surface area (Å²) < 4.78 is 0. The third kappa shape index (κ3) is 2.08. The highest BCUT2D eigenvalue weighted by Crippen LogP contribution is 2.39. The van der Waals surface area contributed by atoms with Crippen LogP contribution in [0.5, 0.6) is 0 Å². The quantitative estimate of drug-likeness (QED) is 0.850. The molecule has 1 unspecified atom stereocenters. The van der Waals surface area contributed by atoms with E-state index < -0.39 is 17.6 Å². The number of hydrogen-bond donors (Lipinski definition) is 1. The number of benzene rings is 1. The van der Waals surface area contributed by atoms with E-state index in [1.165, 1.54) is 0 Å². The van der Waals surface area contributed by atoms with Gasteiger partial charge in [0, 0.05) is 10.6 Å². The molecular formula is C13H14ClNO3. The average Bonchev–Trinajstić information content (AvgIpc) is 2.50. The van der Waals surface area contributed by atoms with E-state index in [9.17, 15) is 9.59 Å². The van der Waals surface area contributed by atoms with E-state index in [0.29, 0.717) is 11.4 Å². The number of carbonyl (C=O) groups is 2. The van der Waals surface area contributed by atoms with Crippen molar-refractivity contribution in [1.82, 2.24) is 4.90 Å². The first-order valence-electron chi connectivity index (χ1n) is 5.65. The fraction of sp³-hybridized carbons (Fsp3) is 0.385. The Morgan fingerprint density at radius 2 is 1.94 bits per heavy atom. The highest BCUT2D eigenvalue weighted by molar-refractivity contribution is 6.30. The van der Waals surface area contributed by atoms with Gasteiger partial charge >= 0.3 is 6.09 Å². The summed E-state index contributed by atoms with van der Waals surface area (Å²) in [7, 11) is 0. The standard InChI is InChI=1S/C13H14ClNO3/c1-13(2)7-10(11(16)15(13)12(17)18)8-3-5-9(14)6-4-8/h3-6,10H,7H2,1-2H3,(H,17,18). The molecule has 4 nitrogen and oxygen atoms in total. The number of imide groups is 1. The van der Waals surface area contributed by atoms with Crippen LogP contribution in [0.3, 0.4) is 0 Å². The van der Waals surface area contributed by atoms with Crippen LogP contribution in [0, 0.1) is 0 Å². The first-order chi connectivity index (χ1) is 8.33. The minimum atomic E-state index is -1.19. The zero-order valence-electron chi connectivity index (χ0n) is 10.2. The molecule has 1 aliphatic heterocycles. The van der Waals surface area contributed by atoms with Crippen LogP contribution < -0.4 is 0 Å². The second-order valence-electron chi connectivity index (χ2n) is 5.08. The van der Waals surface area contributed by atoms with Gasteiger partial charge < -0.3 is 5.11 Å². The van der Waals surface area contributed by atoms with Gasteiger partial charge in [0.1, 0.15) is 0 Å². The predicted molar refractivity (Wildman–Crippen MR) is 67.8 cm³/mol. The fourth-order valence-corrected chi connectivity index (χ4v) is 2.57. The highest BCUT2D eigenvalue weighted by atomic mass is 35.5. The lowest BCUT2D eigenvalue weighted by Crippen LogP contribution is -2.44. The first kappa shape index (κ1) is 12.9. The molecule has 1 aromatic carbocycles. The van der Waals surface area contributed by atoms with Crippen LogP contribution in [-0.2, 0) is 4.79 Å². The second kappa shape index (κ2) is 4.28. The fourth-order valence-electron chi connectivity index (χ4n) is 2.44. The van der Waals surface area contributed by atoms with Crippen LogP contribution in [0.4, 0.5) is 4.79 Å². The van der Waals surface area contributed by atoms with Crippen LogP contribution in [0.15, 0.2) is 24.3 Å². The van der Waals surface area contributed by atoms with Crippen LogP contribution in [0.1, 0.15) is 31.7 Å². The van der Waals surface area contributed by atoms with E-state index in [0.717, 1.165) is 10.5 Å². The monoisotopic (exact) mass is 267 g/mol. The molecule has 2 amide bonds. The number of hydrogen-bond acceptors (Lipinski definition) is 2. The van der Waals surface area contributed by atoms with Crippen molar-refractivity contribution in [3.05, 3.63) is 34.9 Å². The Hall–Kier alpha value is -1.55. The number of nitrogens with zero attached hydrogens (tertiary/aromatic N) is 1. The van der Waals surface area contributed by atoms with Gasteiger partial charge in [0.25, 0.3) is 0 Å². The lowest BCUT2D eigenvalue weighted by atomic mass is 9.91. The van der Waals surface area contributed by atoms with Gasteiger partial charge in [-0.15, -0.1) is 0 Å². The molecule has 96 valence electrons. The summed E-state index contributed by atoms with van der Waals surface area (Å²) in [5, 5.41) is 9.71. The summed E-state index contributed by atoms with van der Waals surface area (Å²) in [6.07, 6.45) is -0.707. The number of carboxylic acid groups (broad SMARTS) is 1. The number of amides is 2. The number of likely N-dealkylation sites (tertiary alicyclic amines) is 1. The molecule has 0 aliphatic carbocycles. The molecule has 0 aromatic heterocycles. The molecule has 0 bridgehead atoms. The second-order valence-corrected chi connectivity index (χ2v) is 5.51. The number of carbonyl (C=O) groups excluding carboxylic acids is 1. The SMILES string of the molecule is CC1(C)CC(c2ccc(Cl)cc2)C(=O)N1C(=O)O. The van der Waals surface area contributed by atoms with Crippen molar-refractivity contribution in [1.29, 1.82) is 0 Å². The zero-order valence-corrected chi connectivity index (χ0v) is 10.9. The predicted octanol–water partition coefficient (Wildman–Crippen LogP) is 3.11. The molecule has 18 heavy (non-hydrogen) atoms. The van der Waals surface area contributed by atoms with Crippen molar-refractivity contribution in [3.63, 3.8) is 0 Å². The molecule has 0 radical (unpaired) electrons. The lowest BCUT2D eigenvalue weighted by molar-refractivity contribution is -0.129. The van der Waals surface area contributed by atoms with Gasteiger partial charge in [0.05, 0.1) is 5.92 Å². The normalized spacial score (nSPS) is 22.3. The lowest BCUT2D eigenvalue weighted by Gasteiger charge is -2.26. The first-order valence-corrected chi connectivity index (χ1v) is 6.03. The molecule has 1 heterocycles. The van der Waals surface area contributed by atoms with Crippen molar-refractivity contribution >= 4 is 23.6 Å². The van der Waals surface area contributed by atoms with Gasteiger partial charge in [0.2, 0.25) is 5.91 Å². The van der Waals surface area contributed by atoms with Crippen LogP contribution in [-0.4, -0.2) is 27.5 Å². The van der Waals surface area contributed by atoms with Crippen LogP contribution >= 0.6 is 11.6 Å².